The zero-order valence-corrected chi connectivity index (χ0v) is 18.7. The lowest BCUT2D eigenvalue weighted by molar-refractivity contribution is -0.145. The van der Waals surface area contributed by atoms with Gasteiger partial charge in [-0.05, 0) is 55.5 Å². The van der Waals surface area contributed by atoms with Crippen molar-refractivity contribution in [3.63, 3.8) is 0 Å². The number of aromatic nitrogens is 2. The van der Waals surface area contributed by atoms with Crippen LogP contribution in [0.15, 0.2) is 52.2 Å². The van der Waals surface area contributed by atoms with E-state index in [-0.39, 0.29) is 23.5 Å². The van der Waals surface area contributed by atoms with Gasteiger partial charge in [0, 0.05) is 19.5 Å². The molecule has 4 rings (SSSR count). The van der Waals surface area contributed by atoms with Gasteiger partial charge in [0.15, 0.2) is 0 Å². The zero-order chi connectivity index (χ0) is 22.7. The van der Waals surface area contributed by atoms with Crippen LogP contribution < -0.4 is 5.56 Å². The predicted octanol–water partition coefficient (Wildman–Crippen LogP) is 2.69. The quantitative estimate of drug-likeness (QED) is 0.549. The summed E-state index contributed by atoms with van der Waals surface area (Å²) in [4.78, 5) is 31.7. The molecule has 0 atom stereocenters. The average molecular weight is 456 g/mol. The number of carbonyl (C=O) groups excluding carboxylic acids is 1. The normalized spacial score (nSPS) is 14.7. The lowest BCUT2D eigenvalue weighted by Gasteiger charge is -2.15. The van der Waals surface area contributed by atoms with Gasteiger partial charge in [-0.1, -0.05) is 24.3 Å². The molecule has 168 valence electrons. The number of hydrogen-bond acceptors (Lipinski definition) is 6. The second kappa shape index (κ2) is 9.22. The van der Waals surface area contributed by atoms with E-state index < -0.39 is 16.0 Å². The van der Waals surface area contributed by atoms with Crippen LogP contribution in [0.4, 0.5) is 0 Å². The first-order valence-corrected chi connectivity index (χ1v) is 12.0. The molecular weight excluding hydrogens is 430 g/mol. The van der Waals surface area contributed by atoms with Gasteiger partial charge < -0.3 is 9.72 Å². The number of para-hydroxylation sites is 1. The number of rotatable bonds is 7. The van der Waals surface area contributed by atoms with Crippen molar-refractivity contribution in [3.8, 4) is 0 Å². The highest BCUT2D eigenvalue weighted by Crippen LogP contribution is 2.21. The van der Waals surface area contributed by atoms with E-state index in [1.54, 1.807) is 36.4 Å². The van der Waals surface area contributed by atoms with E-state index in [9.17, 15) is 18.0 Å². The number of benzene rings is 2. The Labute approximate surface area is 186 Å². The summed E-state index contributed by atoms with van der Waals surface area (Å²) in [6.07, 6.45) is 2.34. The molecule has 0 amide bonds. The molecule has 1 aromatic heterocycles. The van der Waals surface area contributed by atoms with E-state index in [0.29, 0.717) is 36.2 Å². The fourth-order valence-electron chi connectivity index (χ4n) is 3.79. The Hall–Kier alpha value is -3.04. The summed E-state index contributed by atoms with van der Waals surface area (Å²) in [6, 6.07) is 12.0. The number of esters is 1. The number of aromatic amines is 1. The van der Waals surface area contributed by atoms with Crippen LogP contribution in [-0.2, 0) is 32.6 Å². The minimum absolute atomic E-state index is 0.120. The highest BCUT2D eigenvalue weighted by atomic mass is 32.2. The van der Waals surface area contributed by atoms with Crippen molar-refractivity contribution in [1.29, 1.82) is 0 Å². The first-order chi connectivity index (χ1) is 15.3. The number of sulfonamides is 1. The SMILES string of the molecule is Cc1cccc2c(=O)[nH]c(COC(=O)CCc3ccc(S(=O)(=O)N4CCCC4)cc3)nc12. The van der Waals surface area contributed by atoms with Gasteiger partial charge in [0.2, 0.25) is 10.0 Å². The summed E-state index contributed by atoms with van der Waals surface area (Å²) in [7, 11) is -3.44. The van der Waals surface area contributed by atoms with Crippen LogP contribution in [-0.4, -0.2) is 41.7 Å². The second-order valence-electron chi connectivity index (χ2n) is 7.90. The molecule has 2 aromatic carbocycles. The minimum Gasteiger partial charge on any atom is -0.458 e. The van der Waals surface area contributed by atoms with Crippen LogP contribution in [0.25, 0.3) is 10.9 Å². The van der Waals surface area contributed by atoms with Crippen molar-refractivity contribution < 1.29 is 17.9 Å². The van der Waals surface area contributed by atoms with E-state index in [2.05, 4.69) is 9.97 Å². The molecule has 0 bridgehead atoms. The molecule has 1 aliphatic heterocycles. The monoisotopic (exact) mass is 455 g/mol. The van der Waals surface area contributed by atoms with Crippen molar-refractivity contribution >= 4 is 26.9 Å². The minimum atomic E-state index is -3.44. The molecule has 1 aliphatic rings. The lowest BCUT2D eigenvalue weighted by atomic mass is 10.1. The Kier molecular flexibility index (Phi) is 6.38. The van der Waals surface area contributed by atoms with Gasteiger partial charge >= 0.3 is 5.97 Å². The van der Waals surface area contributed by atoms with Gasteiger partial charge in [0.05, 0.1) is 15.8 Å². The smallest absolute Gasteiger partial charge is 0.306 e. The van der Waals surface area contributed by atoms with E-state index in [4.69, 9.17) is 4.74 Å². The van der Waals surface area contributed by atoms with Crippen molar-refractivity contribution in [1.82, 2.24) is 14.3 Å². The van der Waals surface area contributed by atoms with Crippen molar-refractivity contribution in [2.75, 3.05) is 13.1 Å². The molecule has 8 nitrogen and oxygen atoms in total. The Morgan fingerprint density at radius 3 is 2.56 bits per heavy atom. The van der Waals surface area contributed by atoms with Crippen molar-refractivity contribution in [2.24, 2.45) is 0 Å². The summed E-state index contributed by atoms with van der Waals surface area (Å²) < 4.78 is 31.9. The molecule has 0 unspecified atom stereocenters. The van der Waals surface area contributed by atoms with E-state index in [1.165, 1.54) is 4.31 Å². The van der Waals surface area contributed by atoms with Crippen molar-refractivity contribution in [2.45, 2.75) is 44.1 Å². The molecule has 32 heavy (non-hydrogen) atoms. The number of carbonyl (C=O) groups is 1. The number of hydrogen-bond donors (Lipinski definition) is 1. The maximum atomic E-state index is 12.6. The highest BCUT2D eigenvalue weighted by Gasteiger charge is 2.26. The van der Waals surface area contributed by atoms with E-state index in [0.717, 1.165) is 24.0 Å². The van der Waals surface area contributed by atoms with Crippen LogP contribution in [0.1, 0.15) is 36.2 Å². The Morgan fingerprint density at radius 2 is 1.84 bits per heavy atom. The molecule has 1 N–H and O–H groups in total. The van der Waals surface area contributed by atoms with Crippen molar-refractivity contribution in [3.05, 3.63) is 69.8 Å². The highest BCUT2D eigenvalue weighted by molar-refractivity contribution is 7.89. The van der Waals surface area contributed by atoms with Gasteiger partial charge in [-0.3, -0.25) is 9.59 Å². The molecule has 0 aliphatic carbocycles. The first kappa shape index (κ1) is 22.2. The third-order valence-corrected chi connectivity index (χ3v) is 7.51. The summed E-state index contributed by atoms with van der Waals surface area (Å²) in [5, 5.41) is 0.496. The van der Waals surface area contributed by atoms with Gasteiger partial charge in [0.25, 0.3) is 5.56 Å². The summed E-state index contributed by atoms with van der Waals surface area (Å²) in [5.41, 5.74) is 2.03. The molecule has 3 aromatic rings. The number of H-pyrrole nitrogens is 1. The maximum absolute atomic E-state index is 12.6. The topological polar surface area (TPSA) is 109 Å². The van der Waals surface area contributed by atoms with Gasteiger partial charge in [0.1, 0.15) is 12.4 Å². The second-order valence-corrected chi connectivity index (χ2v) is 9.84. The lowest BCUT2D eigenvalue weighted by Crippen LogP contribution is -2.27. The summed E-state index contributed by atoms with van der Waals surface area (Å²) in [6.45, 7) is 2.87. The number of fused-ring (bicyclic) bond motifs is 1. The van der Waals surface area contributed by atoms with Crippen LogP contribution in [0.3, 0.4) is 0 Å². The number of ether oxygens (including phenoxy) is 1. The Morgan fingerprint density at radius 1 is 1.12 bits per heavy atom. The van der Waals surface area contributed by atoms with Crippen LogP contribution in [0.2, 0.25) is 0 Å². The Balaban J connectivity index is 1.33. The van der Waals surface area contributed by atoms with Gasteiger partial charge in [-0.25, -0.2) is 13.4 Å². The third kappa shape index (κ3) is 4.73. The molecule has 0 saturated carbocycles. The van der Waals surface area contributed by atoms with Gasteiger partial charge in [-0.2, -0.15) is 4.31 Å². The fourth-order valence-corrected chi connectivity index (χ4v) is 5.31. The molecule has 0 radical (unpaired) electrons. The number of aryl methyl sites for hydroxylation is 2. The Bertz CT molecular complexity index is 1290. The van der Waals surface area contributed by atoms with Gasteiger partial charge in [-0.15, -0.1) is 0 Å². The van der Waals surface area contributed by atoms with E-state index in [1.807, 2.05) is 13.0 Å². The largest absolute Gasteiger partial charge is 0.458 e. The van der Waals surface area contributed by atoms with E-state index >= 15 is 0 Å². The average Bonchev–Trinajstić information content (AvgIpc) is 3.33. The molecule has 1 fully saturated rings. The standard InChI is InChI=1S/C23H25N3O5S/c1-16-5-4-6-19-22(16)24-20(25-23(19)28)15-31-21(27)12-9-17-7-10-18(11-8-17)32(29,30)26-13-2-3-14-26/h4-8,10-11H,2-3,9,12-15H2,1H3,(H,24,25,28). The summed E-state index contributed by atoms with van der Waals surface area (Å²) >= 11 is 0. The predicted molar refractivity (Wildman–Crippen MR) is 120 cm³/mol. The first-order valence-electron chi connectivity index (χ1n) is 10.6. The molecule has 9 heteroatoms. The molecule has 2 heterocycles. The van der Waals surface area contributed by atoms with Crippen LogP contribution >= 0.6 is 0 Å². The molecule has 1 saturated heterocycles. The molecule has 0 spiro atoms. The zero-order valence-electron chi connectivity index (χ0n) is 17.8. The van der Waals surface area contributed by atoms with Crippen LogP contribution in [0, 0.1) is 6.92 Å². The third-order valence-electron chi connectivity index (χ3n) is 5.60. The summed E-state index contributed by atoms with van der Waals surface area (Å²) in [5.74, 6) is -0.132. The fraction of sp³-hybridized carbons (Fsp3) is 0.348. The number of nitrogens with one attached hydrogen (secondary N) is 1. The maximum Gasteiger partial charge on any atom is 0.306 e. The van der Waals surface area contributed by atoms with Crippen LogP contribution in [0.5, 0.6) is 0 Å². The number of nitrogens with zero attached hydrogens (tertiary/aromatic N) is 2. The molecular formula is C23H25N3O5S.